The van der Waals surface area contributed by atoms with Gasteiger partial charge in [-0.3, -0.25) is 4.79 Å². The van der Waals surface area contributed by atoms with Gasteiger partial charge < -0.3 is 15.4 Å². The van der Waals surface area contributed by atoms with Crippen molar-refractivity contribution in [1.29, 1.82) is 0 Å². The normalized spacial score (nSPS) is 10.5. The van der Waals surface area contributed by atoms with Gasteiger partial charge >= 0.3 is 0 Å². The van der Waals surface area contributed by atoms with Gasteiger partial charge in [-0.2, -0.15) is 0 Å². The van der Waals surface area contributed by atoms with E-state index in [2.05, 4.69) is 20.8 Å². The van der Waals surface area contributed by atoms with Crippen LogP contribution in [0.3, 0.4) is 0 Å². The largest absolute Gasteiger partial charge is 0.495 e. The second-order valence-electron chi connectivity index (χ2n) is 5.50. The summed E-state index contributed by atoms with van der Waals surface area (Å²) in [7, 11) is 1.53. The summed E-state index contributed by atoms with van der Waals surface area (Å²) in [6, 6.07) is 11.1. The van der Waals surface area contributed by atoms with Crippen molar-refractivity contribution in [1.82, 2.24) is 10.2 Å². The molecule has 0 aliphatic heterocycles. The molecule has 1 amide bonds. The number of amides is 1. The molecule has 0 saturated carbocycles. The summed E-state index contributed by atoms with van der Waals surface area (Å²) in [5, 5.41) is 14.9. The summed E-state index contributed by atoms with van der Waals surface area (Å²) in [6.07, 6.45) is 0.284. The first-order valence-electron chi connectivity index (χ1n) is 8.16. The highest BCUT2D eigenvalue weighted by molar-refractivity contribution is 8.01. The molecule has 1 aromatic heterocycles. The molecule has 10 heteroatoms. The van der Waals surface area contributed by atoms with E-state index in [1.807, 2.05) is 0 Å². The van der Waals surface area contributed by atoms with Crippen LogP contribution in [0.4, 0.5) is 20.9 Å². The number of anilines is 3. The van der Waals surface area contributed by atoms with Gasteiger partial charge in [-0.05, 0) is 36.4 Å². The van der Waals surface area contributed by atoms with Crippen LogP contribution in [-0.4, -0.2) is 29.0 Å². The average Bonchev–Trinajstić information content (AvgIpc) is 3.09. The Balaban J connectivity index is 1.48. The zero-order chi connectivity index (χ0) is 19.9. The van der Waals surface area contributed by atoms with Gasteiger partial charge in [0, 0.05) is 22.9 Å². The quantitative estimate of drug-likeness (QED) is 0.470. The Morgan fingerprint density at radius 1 is 1.29 bits per heavy atom. The van der Waals surface area contributed by atoms with Gasteiger partial charge in [0.1, 0.15) is 11.6 Å². The molecule has 3 aromatic rings. The number of methoxy groups -OCH3 is 1. The number of carbonyl (C=O) groups excluding carboxylic acids is 1. The molecule has 0 aliphatic rings. The van der Waals surface area contributed by atoms with E-state index in [-0.39, 0.29) is 18.1 Å². The lowest BCUT2D eigenvalue weighted by Crippen LogP contribution is -2.12. The number of hydrogen-bond donors (Lipinski definition) is 2. The molecule has 0 fully saturated rings. The zero-order valence-electron chi connectivity index (χ0n) is 14.7. The molecule has 28 heavy (non-hydrogen) atoms. The smallest absolute Gasteiger partial charge is 0.225 e. The second kappa shape index (κ2) is 9.72. The number of nitrogens with zero attached hydrogens (tertiary/aromatic N) is 2. The van der Waals surface area contributed by atoms with Crippen molar-refractivity contribution < 1.29 is 13.9 Å². The number of halogens is 2. The molecule has 0 aliphatic carbocycles. The minimum Gasteiger partial charge on any atom is -0.495 e. The fourth-order valence-corrected chi connectivity index (χ4v) is 4.18. The van der Waals surface area contributed by atoms with Crippen LogP contribution >= 0.6 is 34.7 Å². The Morgan fingerprint density at radius 2 is 2.14 bits per heavy atom. The second-order valence-corrected chi connectivity index (χ2v) is 8.26. The summed E-state index contributed by atoms with van der Waals surface area (Å²) in [4.78, 5) is 12.2. The Kier molecular flexibility index (Phi) is 7.07. The van der Waals surface area contributed by atoms with E-state index < -0.39 is 0 Å². The lowest BCUT2D eigenvalue weighted by molar-refractivity contribution is -0.115. The molecule has 6 nitrogen and oxygen atoms in total. The highest BCUT2D eigenvalue weighted by atomic mass is 35.5. The molecule has 1 heterocycles. The molecule has 3 rings (SSSR count). The lowest BCUT2D eigenvalue weighted by Gasteiger charge is -2.10. The number of carbonyl (C=O) groups is 1. The topological polar surface area (TPSA) is 76.1 Å². The third-order valence-electron chi connectivity index (χ3n) is 3.47. The van der Waals surface area contributed by atoms with Gasteiger partial charge in [0.15, 0.2) is 4.34 Å². The fraction of sp³-hybridized carbons (Fsp3) is 0.167. The number of benzene rings is 2. The molecule has 146 valence electrons. The maximum Gasteiger partial charge on any atom is 0.225 e. The molecule has 0 atom stereocenters. The van der Waals surface area contributed by atoms with Crippen LogP contribution in [0, 0.1) is 5.82 Å². The predicted octanol–water partition coefficient (Wildman–Crippen LogP) is 5.20. The Labute approximate surface area is 174 Å². The monoisotopic (exact) mass is 438 g/mol. The molecule has 0 bridgehead atoms. The highest BCUT2D eigenvalue weighted by Gasteiger charge is 2.10. The number of nitrogens with one attached hydrogen (secondary N) is 2. The maximum absolute atomic E-state index is 13.2. The Bertz CT molecular complexity index is 970. The van der Waals surface area contributed by atoms with Crippen molar-refractivity contribution in [2.45, 2.75) is 10.8 Å². The number of thioether (sulfide) groups is 1. The van der Waals surface area contributed by atoms with E-state index in [0.717, 1.165) is 0 Å². The van der Waals surface area contributed by atoms with Crippen molar-refractivity contribution in [3.63, 3.8) is 0 Å². The van der Waals surface area contributed by atoms with Crippen molar-refractivity contribution in [3.8, 4) is 5.75 Å². The summed E-state index contributed by atoms with van der Waals surface area (Å²) in [6.45, 7) is 0. The van der Waals surface area contributed by atoms with E-state index in [1.165, 1.54) is 42.3 Å². The van der Waals surface area contributed by atoms with Crippen LogP contribution < -0.4 is 15.4 Å². The average molecular weight is 439 g/mol. The fourth-order valence-electron chi connectivity index (χ4n) is 2.23. The van der Waals surface area contributed by atoms with Gasteiger partial charge in [0.2, 0.25) is 11.0 Å². The third kappa shape index (κ3) is 5.82. The minimum atomic E-state index is -0.327. The summed E-state index contributed by atoms with van der Waals surface area (Å²) in [5.74, 6) is 0.591. The lowest BCUT2D eigenvalue weighted by atomic mass is 10.3. The standard InChI is InChI=1S/C18H16ClFN4O2S2/c1-26-15-6-5-11(19)9-14(15)22-16(25)7-8-27-18-24-23-17(28-18)21-13-4-2-3-12(20)10-13/h2-6,9-10H,7-8H2,1H3,(H,21,23)(H,22,25). The van der Waals surface area contributed by atoms with E-state index >= 15 is 0 Å². The van der Waals surface area contributed by atoms with Gasteiger partial charge in [0.25, 0.3) is 0 Å². The van der Waals surface area contributed by atoms with Crippen molar-refractivity contribution >= 4 is 57.1 Å². The molecular formula is C18H16ClFN4O2S2. The molecular weight excluding hydrogens is 423 g/mol. The number of hydrogen-bond acceptors (Lipinski definition) is 7. The van der Waals surface area contributed by atoms with E-state index in [9.17, 15) is 9.18 Å². The first-order chi connectivity index (χ1) is 13.5. The number of rotatable bonds is 8. The summed E-state index contributed by atoms with van der Waals surface area (Å²) >= 11 is 8.71. The molecule has 0 saturated heterocycles. The van der Waals surface area contributed by atoms with Crippen LogP contribution in [0.15, 0.2) is 46.8 Å². The number of aromatic nitrogens is 2. The van der Waals surface area contributed by atoms with Crippen LogP contribution in [0.1, 0.15) is 6.42 Å². The van der Waals surface area contributed by atoms with Crippen LogP contribution in [0.2, 0.25) is 5.02 Å². The van der Waals surface area contributed by atoms with Gasteiger partial charge in [-0.1, -0.05) is 40.8 Å². The van der Waals surface area contributed by atoms with Crippen LogP contribution in [0.25, 0.3) is 0 Å². The van der Waals surface area contributed by atoms with Crippen LogP contribution in [-0.2, 0) is 4.79 Å². The van der Waals surface area contributed by atoms with Crippen molar-refractivity contribution in [2.24, 2.45) is 0 Å². The van der Waals surface area contributed by atoms with Gasteiger partial charge in [-0.15, -0.1) is 10.2 Å². The highest BCUT2D eigenvalue weighted by Crippen LogP contribution is 2.30. The zero-order valence-corrected chi connectivity index (χ0v) is 17.1. The van der Waals surface area contributed by atoms with Crippen LogP contribution in [0.5, 0.6) is 5.75 Å². The predicted molar refractivity (Wildman–Crippen MR) is 112 cm³/mol. The SMILES string of the molecule is COc1ccc(Cl)cc1NC(=O)CCSc1nnc(Nc2cccc(F)c2)s1. The van der Waals surface area contributed by atoms with Crippen molar-refractivity contribution in [3.05, 3.63) is 53.3 Å². The molecule has 0 radical (unpaired) electrons. The third-order valence-corrected chi connectivity index (χ3v) is 5.68. The van der Waals surface area contributed by atoms with Crippen molar-refractivity contribution in [2.75, 3.05) is 23.5 Å². The Hall–Kier alpha value is -2.36. The summed E-state index contributed by atoms with van der Waals surface area (Å²) < 4.78 is 19.1. The Morgan fingerprint density at radius 3 is 2.93 bits per heavy atom. The summed E-state index contributed by atoms with van der Waals surface area (Å²) in [5.41, 5.74) is 1.13. The first-order valence-corrected chi connectivity index (χ1v) is 10.3. The molecule has 2 N–H and O–H groups in total. The van der Waals surface area contributed by atoms with Gasteiger partial charge in [0.05, 0.1) is 12.8 Å². The minimum absolute atomic E-state index is 0.157. The number of ether oxygens (including phenoxy) is 1. The van der Waals surface area contributed by atoms with E-state index in [4.69, 9.17) is 16.3 Å². The maximum atomic E-state index is 13.2. The van der Waals surface area contributed by atoms with Gasteiger partial charge in [-0.25, -0.2) is 4.39 Å². The molecule has 0 spiro atoms. The molecule has 0 unspecified atom stereocenters. The van der Waals surface area contributed by atoms with E-state index in [0.29, 0.717) is 37.4 Å². The first kappa shape index (κ1) is 20.4. The molecule has 2 aromatic carbocycles. The van der Waals surface area contributed by atoms with E-state index in [1.54, 1.807) is 30.3 Å².